The SMILES string of the molecule is CN(C)C1CCN(C(=O)C(Cc2ccccc2)NC(=O)c2ccc(Cl)cc2)CC1. The third-order valence-electron chi connectivity index (χ3n) is 5.50. The fraction of sp³-hybridized carbons (Fsp3) is 0.391. The van der Waals surface area contributed by atoms with Crippen LogP contribution in [0.25, 0.3) is 0 Å². The van der Waals surface area contributed by atoms with Crippen molar-refractivity contribution >= 4 is 23.4 Å². The van der Waals surface area contributed by atoms with E-state index in [0.717, 1.165) is 18.4 Å². The minimum atomic E-state index is -0.600. The monoisotopic (exact) mass is 413 g/mol. The van der Waals surface area contributed by atoms with Crippen molar-refractivity contribution in [1.29, 1.82) is 0 Å². The number of nitrogens with zero attached hydrogens (tertiary/aromatic N) is 2. The van der Waals surface area contributed by atoms with Crippen molar-refractivity contribution in [3.05, 3.63) is 70.7 Å². The molecule has 6 heteroatoms. The summed E-state index contributed by atoms with van der Waals surface area (Å²) in [5.74, 6) is -0.285. The third kappa shape index (κ3) is 5.81. The molecule has 1 aliphatic rings. The summed E-state index contributed by atoms with van der Waals surface area (Å²) in [4.78, 5) is 30.1. The van der Waals surface area contributed by atoms with Crippen molar-refractivity contribution in [2.24, 2.45) is 0 Å². The molecular formula is C23H28ClN3O2. The molecular weight excluding hydrogens is 386 g/mol. The molecule has 5 nitrogen and oxygen atoms in total. The largest absolute Gasteiger partial charge is 0.341 e. The van der Waals surface area contributed by atoms with E-state index in [1.54, 1.807) is 24.3 Å². The first-order chi connectivity index (χ1) is 13.9. The van der Waals surface area contributed by atoms with Gasteiger partial charge < -0.3 is 15.1 Å². The first-order valence-corrected chi connectivity index (χ1v) is 10.4. The first kappa shape index (κ1) is 21.3. The Kier molecular flexibility index (Phi) is 7.29. The van der Waals surface area contributed by atoms with E-state index in [9.17, 15) is 9.59 Å². The maximum Gasteiger partial charge on any atom is 0.251 e. The highest BCUT2D eigenvalue weighted by Gasteiger charge is 2.30. The number of hydrogen-bond acceptors (Lipinski definition) is 3. The molecule has 0 spiro atoms. The van der Waals surface area contributed by atoms with Gasteiger partial charge in [-0.3, -0.25) is 9.59 Å². The highest BCUT2D eigenvalue weighted by molar-refractivity contribution is 6.30. The van der Waals surface area contributed by atoms with Gasteiger partial charge in [0.2, 0.25) is 5.91 Å². The van der Waals surface area contributed by atoms with Crippen LogP contribution in [0.2, 0.25) is 5.02 Å². The van der Waals surface area contributed by atoms with Gasteiger partial charge in [0.15, 0.2) is 0 Å². The number of hydrogen-bond donors (Lipinski definition) is 1. The van der Waals surface area contributed by atoms with Gasteiger partial charge in [0.25, 0.3) is 5.91 Å². The number of piperidine rings is 1. The highest BCUT2D eigenvalue weighted by Crippen LogP contribution is 2.17. The molecule has 2 aromatic rings. The zero-order valence-electron chi connectivity index (χ0n) is 17.0. The average Bonchev–Trinajstić information content (AvgIpc) is 2.74. The van der Waals surface area contributed by atoms with E-state index in [1.165, 1.54) is 0 Å². The summed E-state index contributed by atoms with van der Waals surface area (Å²) in [5, 5.41) is 3.52. The number of benzene rings is 2. The number of carbonyl (C=O) groups is 2. The molecule has 1 atom stereocenters. The van der Waals surface area contributed by atoms with Crippen molar-refractivity contribution in [3.63, 3.8) is 0 Å². The molecule has 1 unspecified atom stereocenters. The second-order valence-electron chi connectivity index (χ2n) is 7.74. The van der Waals surface area contributed by atoms with Crippen LogP contribution in [-0.4, -0.2) is 60.9 Å². The topological polar surface area (TPSA) is 52.6 Å². The molecule has 2 amide bonds. The van der Waals surface area contributed by atoms with Gasteiger partial charge in [-0.25, -0.2) is 0 Å². The summed E-state index contributed by atoms with van der Waals surface area (Å²) >= 11 is 5.92. The van der Waals surface area contributed by atoms with Crippen LogP contribution in [0.15, 0.2) is 54.6 Å². The van der Waals surface area contributed by atoms with Crippen LogP contribution < -0.4 is 5.32 Å². The molecule has 154 valence electrons. The standard InChI is InChI=1S/C23H28ClN3O2/c1-26(2)20-12-14-27(15-13-20)23(29)21(16-17-6-4-3-5-7-17)25-22(28)18-8-10-19(24)11-9-18/h3-11,20-21H,12-16H2,1-2H3,(H,25,28). The van der Waals surface area contributed by atoms with Gasteiger partial charge in [0.05, 0.1) is 0 Å². The van der Waals surface area contributed by atoms with Crippen LogP contribution in [0, 0.1) is 0 Å². The van der Waals surface area contributed by atoms with Crippen LogP contribution >= 0.6 is 11.6 Å². The third-order valence-corrected chi connectivity index (χ3v) is 5.75. The molecule has 0 radical (unpaired) electrons. The second kappa shape index (κ2) is 9.90. The molecule has 0 aliphatic carbocycles. The number of nitrogens with one attached hydrogen (secondary N) is 1. The lowest BCUT2D eigenvalue weighted by molar-refractivity contribution is -0.134. The lowest BCUT2D eigenvalue weighted by Crippen LogP contribution is -2.53. The Labute approximate surface area is 177 Å². The molecule has 1 heterocycles. The van der Waals surface area contributed by atoms with Gasteiger partial charge in [-0.1, -0.05) is 41.9 Å². The van der Waals surface area contributed by atoms with Crippen LogP contribution in [0.5, 0.6) is 0 Å². The van der Waals surface area contributed by atoms with Gasteiger partial charge in [-0.2, -0.15) is 0 Å². The highest BCUT2D eigenvalue weighted by atomic mass is 35.5. The van der Waals surface area contributed by atoms with E-state index in [1.807, 2.05) is 35.2 Å². The molecule has 3 rings (SSSR count). The van der Waals surface area contributed by atoms with Crippen molar-refractivity contribution in [2.45, 2.75) is 31.3 Å². The summed E-state index contributed by atoms with van der Waals surface area (Å²) in [6.45, 7) is 1.42. The normalized spacial score (nSPS) is 15.9. The minimum Gasteiger partial charge on any atom is -0.341 e. The minimum absolute atomic E-state index is 0.0200. The molecule has 0 bridgehead atoms. The Morgan fingerprint density at radius 3 is 2.28 bits per heavy atom. The van der Waals surface area contributed by atoms with Crippen molar-refractivity contribution in [2.75, 3.05) is 27.2 Å². The fourth-order valence-corrected chi connectivity index (χ4v) is 3.84. The van der Waals surface area contributed by atoms with E-state index in [-0.39, 0.29) is 11.8 Å². The van der Waals surface area contributed by atoms with Crippen LogP contribution in [0.4, 0.5) is 0 Å². The Morgan fingerprint density at radius 2 is 1.69 bits per heavy atom. The van der Waals surface area contributed by atoms with Gasteiger partial charge in [0.1, 0.15) is 6.04 Å². The van der Waals surface area contributed by atoms with E-state index in [2.05, 4.69) is 24.3 Å². The van der Waals surface area contributed by atoms with E-state index in [0.29, 0.717) is 36.1 Å². The van der Waals surface area contributed by atoms with Gasteiger partial charge in [-0.15, -0.1) is 0 Å². The molecule has 29 heavy (non-hydrogen) atoms. The van der Waals surface area contributed by atoms with Gasteiger partial charge in [0, 0.05) is 36.1 Å². The summed E-state index contributed by atoms with van der Waals surface area (Å²) in [6, 6.07) is 16.4. The van der Waals surface area contributed by atoms with Crippen molar-refractivity contribution in [3.8, 4) is 0 Å². The van der Waals surface area contributed by atoms with E-state index >= 15 is 0 Å². The fourth-order valence-electron chi connectivity index (χ4n) is 3.72. The predicted octanol–water partition coefficient (Wildman–Crippen LogP) is 3.23. The lowest BCUT2D eigenvalue weighted by atomic mass is 10.0. The average molecular weight is 414 g/mol. The van der Waals surface area contributed by atoms with E-state index in [4.69, 9.17) is 11.6 Å². The Balaban J connectivity index is 1.73. The summed E-state index contributed by atoms with van der Waals surface area (Å²) in [7, 11) is 4.15. The number of carbonyl (C=O) groups excluding carboxylic acids is 2. The van der Waals surface area contributed by atoms with Crippen LogP contribution in [-0.2, 0) is 11.2 Å². The quantitative estimate of drug-likeness (QED) is 0.791. The Morgan fingerprint density at radius 1 is 1.07 bits per heavy atom. The maximum absolute atomic E-state index is 13.3. The van der Waals surface area contributed by atoms with Gasteiger partial charge in [-0.05, 0) is 56.8 Å². The predicted molar refractivity (Wildman–Crippen MR) is 116 cm³/mol. The number of rotatable bonds is 6. The molecule has 1 N–H and O–H groups in total. The lowest BCUT2D eigenvalue weighted by Gasteiger charge is -2.37. The number of halogens is 1. The summed E-state index contributed by atoms with van der Waals surface area (Å²) in [6.07, 6.45) is 2.36. The molecule has 2 aromatic carbocycles. The van der Waals surface area contributed by atoms with Crippen molar-refractivity contribution < 1.29 is 9.59 Å². The second-order valence-corrected chi connectivity index (χ2v) is 8.18. The molecule has 1 saturated heterocycles. The summed E-state index contributed by atoms with van der Waals surface area (Å²) in [5.41, 5.74) is 1.51. The smallest absolute Gasteiger partial charge is 0.251 e. The Bertz CT molecular complexity index is 816. The maximum atomic E-state index is 13.3. The van der Waals surface area contributed by atoms with E-state index < -0.39 is 6.04 Å². The van der Waals surface area contributed by atoms with Crippen molar-refractivity contribution in [1.82, 2.24) is 15.1 Å². The van der Waals surface area contributed by atoms with Crippen LogP contribution in [0.1, 0.15) is 28.8 Å². The molecule has 1 fully saturated rings. The number of amides is 2. The Hall–Kier alpha value is -2.37. The first-order valence-electron chi connectivity index (χ1n) is 9.99. The molecule has 0 aromatic heterocycles. The number of likely N-dealkylation sites (tertiary alicyclic amines) is 1. The molecule has 0 saturated carbocycles. The van der Waals surface area contributed by atoms with Crippen LogP contribution in [0.3, 0.4) is 0 Å². The van der Waals surface area contributed by atoms with Gasteiger partial charge >= 0.3 is 0 Å². The zero-order chi connectivity index (χ0) is 20.8. The molecule has 1 aliphatic heterocycles. The zero-order valence-corrected chi connectivity index (χ0v) is 17.7. The summed E-state index contributed by atoms with van der Waals surface area (Å²) < 4.78 is 0.